The lowest BCUT2D eigenvalue weighted by molar-refractivity contribution is -0.204. The SMILES string of the molecule is NCC[C@H](O)C(F)(F)F. The van der Waals surface area contributed by atoms with Crippen molar-refractivity contribution in [2.45, 2.75) is 18.7 Å². The molecule has 0 rings (SSSR count). The molecule has 0 fully saturated rings. The quantitative estimate of drug-likeness (QED) is 0.582. The number of rotatable bonds is 2. The fourth-order valence-corrected chi connectivity index (χ4v) is 0.322. The van der Waals surface area contributed by atoms with E-state index in [-0.39, 0.29) is 6.54 Å². The molecular formula is C4H8F3NO. The molecule has 0 bridgehead atoms. The summed E-state index contributed by atoms with van der Waals surface area (Å²) in [4.78, 5) is 0. The van der Waals surface area contributed by atoms with Crippen molar-refractivity contribution in [3.8, 4) is 0 Å². The molecule has 0 amide bonds. The molecule has 0 aliphatic carbocycles. The highest BCUT2D eigenvalue weighted by atomic mass is 19.4. The fraction of sp³-hybridized carbons (Fsp3) is 1.00. The third kappa shape index (κ3) is 3.31. The Kier molecular flexibility index (Phi) is 2.93. The molecule has 1 atom stereocenters. The van der Waals surface area contributed by atoms with Crippen LogP contribution in [0.4, 0.5) is 13.2 Å². The highest BCUT2D eigenvalue weighted by Gasteiger charge is 2.37. The number of hydrogen-bond donors (Lipinski definition) is 2. The van der Waals surface area contributed by atoms with Gasteiger partial charge in [-0.1, -0.05) is 0 Å². The predicted octanol–water partition coefficient (Wildman–Crippen LogP) is 0.258. The highest BCUT2D eigenvalue weighted by molar-refractivity contribution is 4.64. The zero-order chi connectivity index (χ0) is 7.49. The monoisotopic (exact) mass is 143 g/mol. The summed E-state index contributed by atoms with van der Waals surface area (Å²) in [6.07, 6.45) is -7.20. The minimum atomic E-state index is -4.51. The average molecular weight is 143 g/mol. The third-order valence-electron chi connectivity index (χ3n) is 0.818. The summed E-state index contributed by atoms with van der Waals surface area (Å²) in [5.41, 5.74) is 4.77. The average Bonchev–Trinajstić information content (AvgIpc) is 1.64. The van der Waals surface area contributed by atoms with Crippen LogP contribution in [0.1, 0.15) is 6.42 Å². The van der Waals surface area contributed by atoms with E-state index < -0.39 is 18.7 Å². The smallest absolute Gasteiger partial charge is 0.384 e. The Labute approximate surface area is 50.5 Å². The summed E-state index contributed by atoms with van der Waals surface area (Å²) >= 11 is 0. The first kappa shape index (κ1) is 8.71. The van der Waals surface area contributed by atoms with Gasteiger partial charge in [0.2, 0.25) is 0 Å². The minimum Gasteiger partial charge on any atom is -0.384 e. The lowest BCUT2D eigenvalue weighted by atomic mass is 10.2. The normalized spacial score (nSPS) is 15.7. The first-order valence-electron chi connectivity index (χ1n) is 2.43. The van der Waals surface area contributed by atoms with Crippen LogP contribution in [0.2, 0.25) is 0 Å². The maximum Gasteiger partial charge on any atom is 0.414 e. The molecule has 0 radical (unpaired) electrons. The van der Waals surface area contributed by atoms with Crippen LogP contribution in [0.25, 0.3) is 0 Å². The Balaban J connectivity index is 3.59. The number of nitrogens with two attached hydrogens (primary N) is 1. The molecule has 0 heterocycles. The molecule has 0 aromatic rings. The van der Waals surface area contributed by atoms with E-state index in [0.29, 0.717) is 0 Å². The van der Waals surface area contributed by atoms with Crippen molar-refractivity contribution in [2.24, 2.45) is 5.73 Å². The molecular weight excluding hydrogens is 135 g/mol. The van der Waals surface area contributed by atoms with Gasteiger partial charge in [-0.2, -0.15) is 13.2 Å². The van der Waals surface area contributed by atoms with Gasteiger partial charge in [0.1, 0.15) is 0 Å². The zero-order valence-electron chi connectivity index (χ0n) is 4.65. The van der Waals surface area contributed by atoms with Gasteiger partial charge in [-0.3, -0.25) is 0 Å². The van der Waals surface area contributed by atoms with Crippen LogP contribution in [0, 0.1) is 0 Å². The summed E-state index contributed by atoms with van der Waals surface area (Å²) < 4.78 is 34.0. The van der Waals surface area contributed by atoms with Crippen LogP contribution < -0.4 is 5.73 Å². The first-order valence-corrected chi connectivity index (χ1v) is 2.43. The summed E-state index contributed by atoms with van der Waals surface area (Å²) in [7, 11) is 0. The highest BCUT2D eigenvalue weighted by Crippen LogP contribution is 2.21. The van der Waals surface area contributed by atoms with Crippen LogP contribution in [0.15, 0.2) is 0 Å². The van der Waals surface area contributed by atoms with Gasteiger partial charge in [0.05, 0.1) is 0 Å². The summed E-state index contributed by atoms with van der Waals surface area (Å²) in [6.45, 7) is -0.152. The van der Waals surface area contributed by atoms with E-state index >= 15 is 0 Å². The second kappa shape index (κ2) is 3.03. The van der Waals surface area contributed by atoms with Gasteiger partial charge in [0.15, 0.2) is 6.10 Å². The van der Waals surface area contributed by atoms with Crippen LogP contribution in [-0.4, -0.2) is 23.9 Å². The number of alkyl halides is 3. The molecule has 0 aromatic heterocycles. The first-order chi connectivity index (χ1) is 3.98. The van der Waals surface area contributed by atoms with Crippen LogP contribution >= 0.6 is 0 Å². The Bertz CT molecular complexity index is 82.4. The van der Waals surface area contributed by atoms with E-state index in [2.05, 4.69) is 0 Å². The van der Waals surface area contributed by atoms with Crippen molar-refractivity contribution in [2.75, 3.05) is 6.54 Å². The van der Waals surface area contributed by atoms with Gasteiger partial charge < -0.3 is 10.8 Å². The van der Waals surface area contributed by atoms with Crippen molar-refractivity contribution in [3.63, 3.8) is 0 Å². The van der Waals surface area contributed by atoms with Crippen molar-refractivity contribution in [1.29, 1.82) is 0 Å². The second-order valence-electron chi connectivity index (χ2n) is 1.63. The van der Waals surface area contributed by atoms with Gasteiger partial charge >= 0.3 is 6.18 Å². The Morgan fingerprint density at radius 2 is 1.89 bits per heavy atom. The van der Waals surface area contributed by atoms with Gasteiger partial charge in [-0.25, -0.2) is 0 Å². The molecule has 56 valence electrons. The van der Waals surface area contributed by atoms with E-state index in [0.717, 1.165) is 0 Å². The predicted molar refractivity (Wildman–Crippen MR) is 25.7 cm³/mol. The van der Waals surface area contributed by atoms with E-state index in [1.165, 1.54) is 0 Å². The third-order valence-corrected chi connectivity index (χ3v) is 0.818. The Morgan fingerprint density at radius 3 is 2.00 bits per heavy atom. The summed E-state index contributed by atoms with van der Waals surface area (Å²) in [6, 6.07) is 0. The molecule has 5 heteroatoms. The van der Waals surface area contributed by atoms with E-state index in [4.69, 9.17) is 10.8 Å². The Hall–Kier alpha value is -0.290. The molecule has 0 aliphatic heterocycles. The standard InChI is InChI=1S/C4H8F3NO/c5-4(6,7)3(9)1-2-8/h3,9H,1-2,8H2/t3-/m0/s1. The second-order valence-corrected chi connectivity index (χ2v) is 1.63. The van der Waals surface area contributed by atoms with Crippen molar-refractivity contribution >= 4 is 0 Å². The fourth-order valence-electron chi connectivity index (χ4n) is 0.322. The van der Waals surface area contributed by atoms with Gasteiger partial charge in [-0.05, 0) is 13.0 Å². The molecule has 0 saturated carbocycles. The zero-order valence-corrected chi connectivity index (χ0v) is 4.65. The summed E-state index contributed by atoms with van der Waals surface area (Å²) in [5.74, 6) is 0. The molecule has 3 N–H and O–H groups in total. The van der Waals surface area contributed by atoms with Gasteiger partial charge in [0, 0.05) is 0 Å². The topological polar surface area (TPSA) is 46.2 Å². The van der Waals surface area contributed by atoms with E-state index in [1.807, 2.05) is 0 Å². The van der Waals surface area contributed by atoms with E-state index in [9.17, 15) is 13.2 Å². The Morgan fingerprint density at radius 1 is 1.44 bits per heavy atom. The molecule has 2 nitrogen and oxygen atoms in total. The molecule has 0 aliphatic rings. The molecule has 0 saturated heterocycles. The lowest BCUT2D eigenvalue weighted by Crippen LogP contribution is -2.30. The molecule has 0 aromatic carbocycles. The largest absolute Gasteiger partial charge is 0.414 e. The van der Waals surface area contributed by atoms with Crippen molar-refractivity contribution < 1.29 is 18.3 Å². The van der Waals surface area contributed by atoms with Gasteiger partial charge in [0.25, 0.3) is 0 Å². The lowest BCUT2D eigenvalue weighted by Gasteiger charge is -2.12. The maximum absolute atomic E-state index is 11.3. The van der Waals surface area contributed by atoms with Crippen molar-refractivity contribution in [1.82, 2.24) is 0 Å². The van der Waals surface area contributed by atoms with E-state index in [1.54, 1.807) is 0 Å². The number of hydrogen-bond acceptors (Lipinski definition) is 2. The molecule has 0 unspecified atom stereocenters. The van der Waals surface area contributed by atoms with Crippen molar-refractivity contribution in [3.05, 3.63) is 0 Å². The summed E-state index contributed by atoms with van der Waals surface area (Å²) in [5, 5.41) is 8.18. The van der Waals surface area contributed by atoms with Crippen LogP contribution in [-0.2, 0) is 0 Å². The minimum absolute atomic E-state index is 0.152. The van der Waals surface area contributed by atoms with Crippen LogP contribution in [0.5, 0.6) is 0 Å². The number of aliphatic hydroxyl groups excluding tert-OH is 1. The van der Waals surface area contributed by atoms with Crippen LogP contribution in [0.3, 0.4) is 0 Å². The molecule has 9 heavy (non-hydrogen) atoms. The number of aliphatic hydroxyl groups is 1. The maximum atomic E-state index is 11.3. The van der Waals surface area contributed by atoms with Gasteiger partial charge in [-0.15, -0.1) is 0 Å². The number of halogens is 3. The molecule has 0 spiro atoms.